The summed E-state index contributed by atoms with van der Waals surface area (Å²) in [6.45, 7) is 12.6. The van der Waals surface area contributed by atoms with Gasteiger partial charge in [0.1, 0.15) is 6.10 Å². The van der Waals surface area contributed by atoms with Crippen LogP contribution in [0.25, 0.3) is 0 Å². The zero-order valence-corrected chi connectivity index (χ0v) is 23.6. The maximum absolute atomic E-state index is 12.7. The molecule has 4 aliphatic carbocycles. The van der Waals surface area contributed by atoms with Gasteiger partial charge in [0.25, 0.3) is 0 Å². The molecular weight excluding hydrogens is 440 g/mol. The van der Waals surface area contributed by atoms with Gasteiger partial charge in [0.05, 0.1) is 5.56 Å². The molecule has 3 fully saturated rings. The lowest BCUT2D eigenvalue weighted by Crippen LogP contribution is -2.51. The van der Waals surface area contributed by atoms with Gasteiger partial charge < -0.3 is 4.74 Å². The number of allylic oxidation sites excluding steroid dienone is 1. The number of hydrogen-bond donors (Lipinski definition) is 0. The molecule has 0 unspecified atom stereocenters. The summed E-state index contributed by atoms with van der Waals surface area (Å²) in [5, 5.41) is 0. The minimum Gasteiger partial charge on any atom is -0.458 e. The second kappa shape index (κ2) is 10.3. The van der Waals surface area contributed by atoms with Crippen LogP contribution in [0, 0.1) is 46.3 Å². The molecule has 0 heterocycles. The summed E-state index contributed by atoms with van der Waals surface area (Å²) in [7, 11) is 0. The van der Waals surface area contributed by atoms with E-state index in [1.807, 2.05) is 30.3 Å². The minimum atomic E-state index is -0.161. The number of ether oxygens (including phenoxy) is 1. The van der Waals surface area contributed by atoms with Crippen molar-refractivity contribution in [1.29, 1.82) is 0 Å². The first-order chi connectivity index (χ1) is 17.2. The van der Waals surface area contributed by atoms with E-state index >= 15 is 0 Å². The first-order valence-electron chi connectivity index (χ1n) is 15.2. The van der Waals surface area contributed by atoms with Crippen LogP contribution in [0.4, 0.5) is 0 Å². The van der Waals surface area contributed by atoms with Gasteiger partial charge in [0.15, 0.2) is 0 Å². The molecule has 36 heavy (non-hydrogen) atoms. The van der Waals surface area contributed by atoms with Crippen molar-refractivity contribution in [2.24, 2.45) is 46.3 Å². The molecular formula is C34H50O2. The lowest BCUT2D eigenvalue weighted by atomic mass is 9.47. The third-order valence-corrected chi connectivity index (χ3v) is 11.5. The summed E-state index contributed by atoms with van der Waals surface area (Å²) >= 11 is 0. The fourth-order valence-corrected chi connectivity index (χ4v) is 9.55. The predicted octanol–water partition coefficient (Wildman–Crippen LogP) is 9.25. The van der Waals surface area contributed by atoms with Crippen molar-refractivity contribution in [3.8, 4) is 0 Å². The molecule has 3 saturated carbocycles. The Balaban J connectivity index is 1.25. The quantitative estimate of drug-likeness (QED) is 0.281. The summed E-state index contributed by atoms with van der Waals surface area (Å²) in [5.41, 5.74) is 3.12. The maximum Gasteiger partial charge on any atom is 0.338 e. The second-order valence-electron chi connectivity index (χ2n) is 13.9. The van der Waals surface area contributed by atoms with Crippen LogP contribution in [0.1, 0.15) is 116 Å². The van der Waals surface area contributed by atoms with Crippen LogP contribution in [0.3, 0.4) is 0 Å². The van der Waals surface area contributed by atoms with Gasteiger partial charge in [-0.1, -0.05) is 83.7 Å². The normalized spacial score (nSPS) is 38.5. The van der Waals surface area contributed by atoms with E-state index in [0.717, 1.165) is 48.3 Å². The molecule has 0 spiro atoms. The summed E-state index contributed by atoms with van der Waals surface area (Å²) in [5.74, 6) is 5.03. The third kappa shape index (κ3) is 4.71. The standard InChI is InChI=1S/C34H50O2/c1-23(2)10-9-11-24(3)29-16-17-30-28-15-14-26-22-27(36-32(35)25-12-7-6-8-13-25)18-20-33(26,4)31(28)19-21-34(29,30)5/h6-8,12-14,23-24,27-31H,9-11,15-22H2,1-5H3/t24-,27-,28-,29+,30+,31-,33-,34+/m0/s1. The van der Waals surface area contributed by atoms with E-state index in [0.29, 0.717) is 16.4 Å². The van der Waals surface area contributed by atoms with Crippen LogP contribution in [0.2, 0.25) is 0 Å². The van der Waals surface area contributed by atoms with Crippen LogP contribution >= 0.6 is 0 Å². The van der Waals surface area contributed by atoms with Gasteiger partial charge in [-0.15, -0.1) is 0 Å². The Kier molecular flexibility index (Phi) is 7.45. The van der Waals surface area contributed by atoms with Crippen LogP contribution in [0.5, 0.6) is 0 Å². The summed E-state index contributed by atoms with van der Waals surface area (Å²) in [4.78, 5) is 12.7. The van der Waals surface area contributed by atoms with Crippen molar-refractivity contribution in [2.75, 3.05) is 0 Å². The van der Waals surface area contributed by atoms with Crippen molar-refractivity contribution in [2.45, 2.75) is 111 Å². The molecule has 198 valence electrons. The van der Waals surface area contributed by atoms with Gasteiger partial charge in [-0.05, 0) is 103 Å². The third-order valence-electron chi connectivity index (χ3n) is 11.5. The molecule has 8 atom stereocenters. The van der Waals surface area contributed by atoms with Gasteiger partial charge in [-0.2, -0.15) is 0 Å². The highest BCUT2D eigenvalue weighted by Crippen LogP contribution is 2.67. The van der Waals surface area contributed by atoms with Crippen LogP contribution in [0.15, 0.2) is 42.0 Å². The zero-order valence-electron chi connectivity index (χ0n) is 23.6. The summed E-state index contributed by atoms with van der Waals surface area (Å²) in [6.07, 6.45) is 17.0. The van der Waals surface area contributed by atoms with Gasteiger partial charge in [-0.25, -0.2) is 4.79 Å². The topological polar surface area (TPSA) is 26.3 Å². The Labute approximate surface area is 220 Å². The van der Waals surface area contributed by atoms with Crippen LogP contribution < -0.4 is 0 Å². The highest BCUT2D eigenvalue weighted by molar-refractivity contribution is 5.89. The van der Waals surface area contributed by atoms with Crippen molar-refractivity contribution in [3.05, 3.63) is 47.5 Å². The molecule has 4 aliphatic rings. The largest absolute Gasteiger partial charge is 0.458 e. The average Bonchev–Trinajstić information content (AvgIpc) is 3.22. The molecule has 2 heteroatoms. The number of esters is 1. The summed E-state index contributed by atoms with van der Waals surface area (Å²) in [6, 6.07) is 9.49. The van der Waals surface area contributed by atoms with E-state index in [1.54, 1.807) is 5.57 Å². The van der Waals surface area contributed by atoms with E-state index in [1.165, 1.54) is 57.8 Å². The molecule has 0 radical (unpaired) electrons. The van der Waals surface area contributed by atoms with Gasteiger partial charge >= 0.3 is 5.97 Å². The number of fused-ring (bicyclic) bond motifs is 5. The Morgan fingerprint density at radius 3 is 2.50 bits per heavy atom. The lowest BCUT2D eigenvalue weighted by molar-refractivity contribution is -0.0594. The monoisotopic (exact) mass is 490 g/mol. The molecule has 1 aromatic rings. The SMILES string of the molecule is CC(C)CCC[C@H](C)[C@H]1CC[C@@H]2[C@@H]3CC=C4C[C@@H](OC(=O)c5ccccc5)CC[C@]4(C)[C@H]3CC[C@@]21C. The van der Waals surface area contributed by atoms with Crippen molar-refractivity contribution < 1.29 is 9.53 Å². The first kappa shape index (κ1) is 26.1. The number of benzene rings is 1. The fourth-order valence-electron chi connectivity index (χ4n) is 9.55. The molecule has 0 N–H and O–H groups in total. The Morgan fingerprint density at radius 1 is 0.972 bits per heavy atom. The van der Waals surface area contributed by atoms with E-state index in [9.17, 15) is 4.79 Å². The Bertz CT molecular complexity index is 947. The maximum atomic E-state index is 12.7. The van der Waals surface area contributed by atoms with Crippen LogP contribution in [-0.4, -0.2) is 12.1 Å². The van der Waals surface area contributed by atoms with Crippen molar-refractivity contribution in [1.82, 2.24) is 0 Å². The van der Waals surface area contributed by atoms with E-state index in [2.05, 4.69) is 40.7 Å². The molecule has 0 amide bonds. The first-order valence-corrected chi connectivity index (χ1v) is 15.2. The Morgan fingerprint density at radius 2 is 1.75 bits per heavy atom. The molecule has 0 bridgehead atoms. The van der Waals surface area contributed by atoms with E-state index < -0.39 is 0 Å². The Hall–Kier alpha value is -1.57. The molecule has 0 aromatic heterocycles. The number of carbonyl (C=O) groups is 1. The smallest absolute Gasteiger partial charge is 0.338 e. The molecule has 1 aromatic carbocycles. The van der Waals surface area contributed by atoms with Gasteiger partial charge in [0.2, 0.25) is 0 Å². The van der Waals surface area contributed by atoms with Gasteiger partial charge in [0, 0.05) is 6.42 Å². The molecule has 2 nitrogen and oxygen atoms in total. The lowest BCUT2D eigenvalue weighted by Gasteiger charge is -2.58. The van der Waals surface area contributed by atoms with Crippen molar-refractivity contribution in [3.63, 3.8) is 0 Å². The second-order valence-corrected chi connectivity index (χ2v) is 13.9. The molecule has 5 rings (SSSR count). The minimum absolute atomic E-state index is 0.0324. The van der Waals surface area contributed by atoms with Crippen LogP contribution in [-0.2, 0) is 4.74 Å². The zero-order chi connectivity index (χ0) is 25.5. The summed E-state index contributed by atoms with van der Waals surface area (Å²) < 4.78 is 6.00. The molecule has 0 saturated heterocycles. The van der Waals surface area contributed by atoms with E-state index in [4.69, 9.17) is 4.74 Å². The fraction of sp³-hybridized carbons (Fsp3) is 0.735. The predicted molar refractivity (Wildman–Crippen MR) is 149 cm³/mol. The van der Waals surface area contributed by atoms with E-state index in [-0.39, 0.29) is 12.1 Å². The highest BCUT2D eigenvalue weighted by Gasteiger charge is 2.59. The highest BCUT2D eigenvalue weighted by atomic mass is 16.5. The molecule has 0 aliphatic heterocycles. The van der Waals surface area contributed by atoms with Gasteiger partial charge in [-0.3, -0.25) is 0 Å². The van der Waals surface area contributed by atoms with Crippen molar-refractivity contribution >= 4 is 5.97 Å². The number of carbonyl (C=O) groups excluding carboxylic acids is 1. The number of rotatable bonds is 7. The average molecular weight is 491 g/mol. The number of hydrogen-bond acceptors (Lipinski definition) is 2.